The number of rotatable bonds is 3. The molecule has 0 aromatic carbocycles. The predicted molar refractivity (Wildman–Crippen MR) is 77.2 cm³/mol. The van der Waals surface area contributed by atoms with Crippen LogP contribution < -0.4 is 16.2 Å². The number of nitrogens with zero attached hydrogens (tertiary/aromatic N) is 5. The van der Waals surface area contributed by atoms with Gasteiger partial charge in [0.1, 0.15) is 23.8 Å². The number of imidazole rings is 1. The molecule has 0 bridgehead atoms. The van der Waals surface area contributed by atoms with Crippen molar-refractivity contribution in [3.05, 3.63) is 30.1 Å². The predicted octanol–water partition coefficient (Wildman–Crippen LogP) is 1.10. The molecule has 0 fully saturated rings. The lowest BCUT2D eigenvalue weighted by atomic mass is 10.0. The monoisotopic (exact) mass is 273 g/mol. The smallest absolute Gasteiger partial charge is 0.148 e. The zero-order chi connectivity index (χ0) is 14.1. The summed E-state index contributed by atoms with van der Waals surface area (Å²) < 4.78 is 2.18. The normalized spacial score (nSPS) is 14.5. The molecule has 0 aliphatic carbocycles. The molecule has 3 rings (SSSR count). The van der Waals surface area contributed by atoms with Crippen molar-refractivity contribution >= 4 is 11.6 Å². The first kappa shape index (κ1) is 12.9. The summed E-state index contributed by atoms with van der Waals surface area (Å²) in [6.07, 6.45) is 5.41. The second-order valence-corrected chi connectivity index (χ2v) is 5.22. The van der Waals surface area contributed by atoms with E-state index in [-0.39, 0.29) is 0 Å². The molecule has 0 spiro atoms. The average Bonchev–Trinajstić information content (AvgIpc) is 2.93. The zero-order valence-corrected chi connectivity index (χ0v) is 11.7. The van der Waals surface area contributed by atoms with Gasteiger partial charge in [-0.15, -0.1) is 0 Å². The van der Waals surface area contributed by atoms with Gasteiger partial charge in [0.15, 0.2) is 0 Å². The number of hydrogen-bond donors (Lipinski definition) is 2. The van der Waals surface area contributed by atoms with Crippen LogP contribution in [0, 0.1) is 0 Å². The number of hydrogen-bond acceptors (Lipinski definition) is 6. The molecule has 7 nitrogen and oxygen atoms in total. The summed E-state index contributed by atoms with van der Waals surface area (Å²) in [5.41, 5.74) is 3.72. The Morgan fingerprint density at radius 2 is 2.10 bits per heavy atom. The molecule has 0 atom stereocenters. The molecule has 0 unspecified atom stereocenters. The minimum Gasteiger partial charge on any atom is -0.347 e. The van der Waals surface area contributed by atoms with Crippen molar-refractivity contribution in [3.63, 3.8) is 0 Å². The van der Waals surface area contributed by atoms with Gasteiger partial charge in [-0.3, -0.25) is 0 Å². The Bertz CT molecular complexity index is 605. The van der Waals surface area contributed by atoms with Crippen molar-refractivity contribution in [2.24, 2.45) is 5.84 Å². The van der Waals surface area contributed by atoms with Gasteiger partial charge < -0.3 is 14.9 Å². The lowest BCUT2D eigenvalue weighted by Crippen LogP contribution is -2.35. The molecule has 0 saturated heterocycles. The fraction of sp³-hybridized carbons (Fsp3) is 0.462. The topological polar surface area (TPSA) is 84.9 Å². The molecule has 0 saturated carbocycles. The van der Waals surface area contributed by atoms with E-state index in [1.807, 2.05) is 12.4 Å². The third-order valence-electron chi connectivity index (χ3n) is 3.62. The average molecular weight is 273 g/mol. The van der Waals surface area contributed by atoms with Crippen LogP contribution >= 0.6 is 0 Å². The summed E-state index contributed by atoms with van der Waals surface area (Å²) >= 11 is 0. The van der Waals surface area contributed by atoms with E-state index in [0.29, 0.717) is 11.7 Å². The largest absolute Gasteiger partial charge is 0.347 e. The Morgan fingerprint density at radius 3 is 2.85 bits per heavy atom. The Balaban J connectivity index is 1.99. The van der Waals surface area contributed by atoms with E-state index in [4.69, 9.17) is 5.84 Å². The highest BCUT2D eigenvalue weighted by Crippen LogP contribution is 2.31. The minimum atomic E-state index is 0.291. The van der Waals surface area contributed by atoms with Crippen molar-refractivity contribution in [2.75, 3.05) is 16.9 Å². The number of nitrogen functional groups attached to an aromatic ring is 1. The van der Waals surface area contributed by atoms with Gasteiger partial charge in [0.05, 0.1) is 6.54 Å². The lowest BCUT2D eigenvalue weighted by molar-refractivity contribution is 0.553. The maximum absolute atomic E-state index is 5.57. The van der Waals surface area contributed by atoms with Gasteiger partial charge >= 0.3 is 0 Å². The molecule has 106 valence electrons. The van der Waals surface area contributed by atoms with Gasteiger partial charge in [-0.05, 0) is 5.92 Å². The van der Waals surface area contributed by atoms with E-state index in [2.05, 4.69) is 43.7 Å². The Morgan fingerprint density at radius 1 is 1.25 bits per heavy atom. The third kappa shape index (κ3) is 2.09. The Kier molecular flexibility index (Phi) is 3.27. The van der Waals surface area contributed by atoms with Crippen molar-refractivity contribution in [1.82, 2.24) is 19.5 Å². The fourth-order valence-corrected chi connectivity index (χ4v) is 2.64. The summed E-state index contributed by atoms with van der Waals surface area (Å²) in [5, 5.41) is 0. The van der Waals surface area contributed by atoms with Gasteiger partial charge in [-0.25, -0.2) is 20.8 Å². The molecule has 20 heavy (non-hydrogen) atoms. The summed E-state index contributed by atoms with van der Waals surface area (Å²) in [6, 6.07) is 0. The van der Waals surface area contributed by atoms with Crippen LogP contribution in [0.4, 0.5) is 11.6 Å². The summed E-state index contributed by atoms with van der Waals surface area (Å²) in [4.78, 5) is 15.3. The highest BCUT2D eigenvalue weighted by atomic mass is 15.3. The van der Waals surface area contributed by atoms with E-state index < -0.39 is 0 Å². The SMILES string of the molecule is CC(C)c1c(NN)ncnc1N1CCn2ccnc2C1. The standard InChI is InChI=1S/C13H19N7/c1-9(2)11-12(18-14)16-8-17-13(11)20-6-5-19-4-3-15-10(19)7-20/h3-4,8-9H,5-7,14H2,1-2H3,(H,16,17,18). The Hall–Kier alpha value is -2.15. The van der Waals surface area contributed by atoms with Gasteiger partial charge in [0, 0.05) is 31.0 Å². The molecular formula is C13H19N7. The van der Waals surface area contributed by atoms with Crippen LogP contribution in [0.3, 0.4) is 0 Å². The minimum absolute atomic E-state index is 0.291. The van der Waals surface area contributed by atoms with Crippen LogP contribution in [-0.4, -0.2) is 26.1 Å². The molecule has 2 aromatic rings. The number of hydrazine groups is 1. The molecule has 3 N–H and O–H groups in total. The van der Waals surface area contributed by atoms with Crippen LogP contribution in [0.5, 0.6) is 0 Å². The number of aromatic nitrogens is 4. The summed E-state index contributed by atoms with van der Waals surface area (Å²) in [6.45, 7) is 6.82. The maximum Gasteiger partial charge on any atom is 0.148 e. The van der Waals surface area contributed by atoms with Gasteiger partial charge in [-0.2, -0.15) is 0 Å². The number of anilines is 2. The van der Waals surface area contributed by atoms with E-state index in [1.54, 1.807) is 6.33 Å². The van der Waals surface area contributed by atoms with Crippen LogP contribution in [0.25, 0.3) is 0 Å². The molecule has 2 aromatic heterocycles. The quantitative estimate of drug-likeness (QED) is 0.643. The second-order valence-electron chi connectivity index (χ2n) is 5.22. The van der Waals surface area contributed by atoms with Crippen LogP contribution in [0.15, 0.2) is 18.7 Å². The fourth-order valence-electron chi connectivity index (χ4n) is 2.64. The second kappa shape index (κ2) is 5.09. The maximum atomic E-state index is 5.57. The van der Waals surface area contributed by atoms with Crippen LogP contribution in [-0.2, 0) is 13.1 Å². The third-order valence-corrected chi connectivity index (χ3v) is 3.62. The van der Waals surface area contributed by atoms with Crippen LogP contribution in [0.2, 0.25) is 0 Å². The summed E-state index contributed by atoms with van der Waals surface area (Å²) in [5.74, 6) is 8.56. The first-order valence-electron chi connectivity index (χ1n) is 6.77. The number of nitrogens with two attached hydrogens (primary N) is 1. The van der Waals surface area contributed by atoms with Gasteiger partial charge in [0.25, 0.3) is 0 Å². The van der Waals surface area contributed by atoms with E-state index >= 15 is 0 Å². The van der Waals surface area contributed by atoms with Gasteiger partial charge in [0.2, 0.25) is 0 Å². The number of nitrogens with one attached hydrogen (secondary N) is 1. The van der Waals surface area contributed by atoms with Crippen molar-refractivity contribution in [2.45, 2.75) is 32.9 Å². The van der Waals surface area contributed by atoms with Crippen LogP contribution in [0.1, 0.15) is 31.2 Å². The van der Waals surface area contributed by atoms with Crippen molar-refractivity contribution in [3.8, 4) is 0 Å². The highest BCUT2D eigenvalue weighted by molar-refractivity contribution is 5.60. The van der Waals surface area contributed by atoms with Crippen molar-refractivity contribution < 1.29 is 0 Å². The molecule has 1 aliphatic rings. The first-order valence-corrected chi connectivity index (χ1v) is 6.77. The van der Waals surface area contributed by atoms with E-state index in [1.165, 1.54) is 0 Å². The molecule has 0 amide bonds. The van der Waals surface area contributed by atoms with Gasteiger partial charge in [-0.1, -0.05) is 13.8 Å². The highest BCUT2D eigenvalue weighted by Gasteiger charge is 2.23. The van der Waals surface area contributed by atoms with E-state index in [0.717, 1.165) is 36.8 Å². The Labute approximate surface area is 117 Å². The summed E-state index contributed by atoms with van der Waals surface area (Å²) in [7, 11) is 0. The molecule has 0 radical (unpaired) electrons. The first-order chi connectivity index (χ1) is 9.70. The molecule has 7 heteroatoms. The molecule has 1 aliphatic heterocycles. The number of fused-ring (bicyclic) bond motifs is 1. The van der Waals surface area contributed by atoms with E-state index in [9.17, 15) is 0 Å². The molecular weight excluding hydrogens is 254 g/mol. The lowest BCUT2D eigenvalue weighted by Gasteiger charge is -2.31. The van der Waals surface area contributed by atoms with Crippen molar-refractivity contribution in [1.29, 1.82) is 0 Å². The zero-order valence-electron chi connectivity index (χ0n) is 11.7. The molecule has 3 heterocycles.